The molecule has 0 aliphatic carbocycles. The Morgan fingerprint density at radius 2 is 1.80 bits per heavy atom. The van der Waals surface area contributed by atoms with Crippen LogP contribution in [0.4, 0.5) is 0 Å². The van der Waals surface area contributed by atoms with Crippen LogP contribution in [0.5, 0.6) is 0 Å². The zero-order valence-corrected chi connectivity index (χ0v) is 12.0. The van der Waals surface area contributed by atoms with Gasteiger partial charge in [0.15, 0.2) is 0 Å². The Hall–Kier alpha value is -1.78. The van der Waals surface area contributed by atoms with Crippen molar-refractivity contribution in [2.75, 3.05) is 19.8 Å². The Morgan fingerprint density at radius 1 is 1.10 bits per heavy atom. The molecule has 1 aromatic carbocycles. The van der Waals surface area contributed by atoms with Crippen LogP contribution in [0, 0.1) is 0 Å². The van der Waals surface area contributed by atoms with E-state index in [-0.39, 0.29) is 0 Å². The van der Waals surface area contributed by atoms with E-state index in [2.05, 4.69) is 46.5 Å². The van der Waals surface area contributed by atoms with Crippen molar-refractivity contribution in [2.24, 2.45) is 0 Å². The van der Waals surface area contributed by atoms with Crippen LogP contribution in [0.25, 0.3) is 11.1 Å². The predicted octanol–water partition coefficient (Wildman–Crippen LogP) is 2.83. The summed E-state index contributed by atoms with van der Waals surface area (Å²) in [5.41, 5.74) is 3.44. The summed E-state index contributed by atoms with van der Waals surface area (Å²) in [5.74, 6) is 0. The van der Waals surface area contributed by atoms with Crippen molar-refractivity contribution >= 4 is 0 Å². The van der Waals surface area contributed by atoms with Gasteiger partial charge in [0, 0.05) is 37.2 Å². The van der Waals surface area contributed by atoms with Gasteiger partial charge in [0.2, 0.25) is 0 Å². The average Bonchev–Trinajstić information content (AvgIpc) is 2.52. The molecule has 1 unspecified atom stereocenters. The molecule has 1 heterocycles. The Kier molecular flexibility index (Phi) is 5.65. The molecule has 2 aromatic rings. The molecule has 2 rings (SSSR count). The molecule has 0 bridgehead atoms. The van der Waals surface area contributed by atoms with Crippen molar-refractivity contribution < 1.29 is 4.74 Å². The third-order valence-electron chi connectivity index (χ3n) is 3.21. The molecule has 0 aliphatic heterocycles. The van der Waals surface area contributed by atoms with Gasteiger partial charge in [-0.1, -0.05) is 24.3 Å². The van der Waals surface area contributed by atoms with Gasteiger partial charge in [0.1, 0.15) is 6.33 Å². The first-order chi connectivity index (χ1) is 9.81. The fourth-order valence-electron chi connectivity index (χ4n) is 2.02. The van der Waals surface area contributed by atoms with E-state index < -0.39 is 0 Å². The number of nitrogens with zero attached hydrogens (tertiary/aromatic N) is 2. The molecule has 4 nitrogen and oxygen atoms in total. The minimum Gasteiger partial charge on any atom is -0.380 e. The summed E-state index contributed by atoms with van der Waals surface area (Å²) in [6.07, 6.45) is 5.19. The van der Waals surface area contributed by atoms with E-state index in [0.717, 1.165) is 30.9 Å². The van der Waals surface area contributed by atoms with Gasteiger partial charge < -0.3 is 10.1 Å². The number of hydrogen-bond donors (Lipinski definition) is 1. The lowest BCUT2D eigenvalue weighted by atomic mass is 10.0. The van der Waals surface area contributed by atoms with Crippen LogP contribution in [-0.2, 0) is 4.74 Å². The average molecular weight is 271 g/mol. The molecule has 1 aromatic heterocycles. The van der Waals surface area contributed by atoms with Gasteiger partial charge >= 0.3 is 0 Å². The number of ether oxygens (including phenoxy) is 1. The van der Waals surface area contributed by atoms with Gasteiger partial charge in [-0.25, -0.2) is 9.97 Å². The topological polar surface area (TPSA) is 47.0 Å². The van der Waals surface area contributed by atoms with Gasteiger partial charge in [0.25, 0.3) is 0 Å². The van der Waals surface area contributed by atoms with Crippen molar-refractivity contribution in [3.8, 4) is 11.1 Å². The van der Waals surface area contributed by atoms with Crippen molar-refractivity contribution in [2.45, 2.75) is 19.9 Å². The van der Waals surface area contributed by atoms with Gasteiger partial charge in [-0.05, 0) is 25.0 Å². The monoisotopic (exact) mass is 271 g/mol. The first-order valence-electron chi connectivity index (χ1n) is 6.97. The normalized spacial score (nSPS) is 12.3. The lowest BCUT2D eigenvalue weighted by molar-refractivity contribution is 0.147. The van der Waals surface area contributed by atoms with Crippen LogP contribution in [0.15, 0.2) is 43.0 Å². The molecule has 0 fully saturated rings. The van der Waals surface area contributed by atoms with Crippen LogP contribution in [-0.4, -0.2) is 29.7 Å². The van der Waals surface area contributed by atoms with E-state index in [1.807, 2.05) is 19.3 Å². The maximum atomic E-state index is 5.32. The molecular weight excluding hydrogens is 250 g/mol. The summed E-state index contributed by atoms with van der Waals surface area (Å²) in [6.45, 7) is 6.55. The molecule has 0 spiro atoms. The van der Waals surface area contributed by atoms with Crippen molar-refractivity contribution in [1.82, 2.24) is 15.3 Å². The van der Waals surface area contributed by atoms with Gasteiger partial charge in [-0.2, -0.15) is 0 Å². The lowest BCUT2D eigenvalue weighted by Gasteiger charge is -2.14. The smallest absolute Gasteiger partial charge is 0.115 e. The largest absolute Gasteiger partial charge is 0.380 e. The molecular formula is C16H21N3O. The van der Waals surface area contributed by atoms with Gasteiger partial charge in [-0.3, -0.25) is 0 Å². The van der Waals surface area contributed by atoms with E-state index in [1.54, 1.807) is 6.33 Å². The zero-order valence-electron chi connectivity index (χ0n) is 12.0. The van der Waals surface area contributed by atoms with Crippen LogP contribution >= 0.6 is 0 Å². The highest BCUT2D eigenvalue weighted by atomic mass is 16.5. The molecule has 106 valence electrons. The fourth-order valence-corrected chi connectivity index (χ4v) is 2.02. The summed E-state index contributed by atoms with van der Waals surface area (Å²) >= 11 is 0. The van der Waals surface area contributed by atoms with E-state index in [1.165, 1.54) is 5.56 Å². The standard InChI is InChI=1S/C16H21N3O/c1-3-20-9-8-19-13(2)14-4-6-15(7-5-14)16-10-17-12-18-11-16/h4-7,10-13,19H,3,8-9H2,1-2H3. The maximum absolute atomic E-state index is 5.32. The maximum Gasteiger partial charge on any atom is 0.115 e. The Balaban J connectivity index is 1.94. The predicted molar refractivity (Wildman–Crippen MR) is 80.4 cm³/mol. The highest BCUT2D eigenvalue weighted by Gasteiger charge is 2.05. The zero-order chi connectivity index (χ0) is 14.2. The third-order valence-corrected chi connectivity index (χ3v) is 3.21. The second-order valence-electron chi connectivity index (χ2n) is 4.62. The molecule has 20 heavy (non-hydrogen) atoms. The van der Waals surface area contributed by atoms with Crippen molar-refractivity contribution in [3.63, 3.8) is 0 Å². The Labute approximate surface area is 120 Å². The summed E-state index contributed by atoms with van der Waals surface area (Å²) < 4.78 is 5.32. The van der Waals surface area contributed by atoms with Crippen LogP contribution in [0.3, 0.4) is 0 Å². The van der Waals surface area contributed by atoms with Crippen LogP contribution < -0.4 is 5.32 Å². The second kappa shape index (κ2) is 7.72. The molecule has 1 atom stereocenters. The van der Waals surface area contributed by atoms with E-state index in [4.69, 9.17) is 4.74 Å². The van der Waals surface area contributed by atoms with Crippen LogP contribution in [0.1, 0.15) is 25.5 Å². The summed E-state index contributed by atoms with van der Waals surface area (Å²) in [7, 11) is 0. The van der Waals surface area contributed by atoms with E-state index >= 15 is 0 Å². The van der Waals surface area contributed by atoms with Crippen molar-refractivity contribution in [1.29, 1.82) is 0 Å². The van der Waals surface area contributed by atoms with E-state index in [0.29, 0.717) is 6.04 Å². The van der Waals surface area contributed by atoms with Gasteiger partial charge in [0.05, 0.1) is 6.61 Å². The first-order valence-corrected chi connectivity index (χ1v) is 6.97. The number of aromatic nitrogens is 2. The second-order valence-corrected chi connectivity index (χ2v) is 4.62. The fraction of sp³-hybridized carbons (Fsp3) is 0.375. The van der Waals surface area contributed by atoms with E-state index in [9.17, 15) is 0 Å². The number of rotatable bonds is 7. The molecule has 0 radical (unpaired) electrons. The highest BCUT2D eigenvalue weighted by molar-refractivity contribution is 5.61. The first kappa shape index (κ1) is 14.6. The number of nitrogens with one attached hydrogen (secondary N) is 1. The molecule has 1 N–H and O–H groups in total. The minimum atomic E-state index is 0.316. The third kappa shape index (κ3) is 4.11. The molecule has 0 saturated heterocycles. The Bertz CT molecular complexity index is 499. The van der Waals surface area contributed by atoms with Crippen LogP contribution in [0.2, 0.25) is 0 Å². The highest BCUT2D eigenvalue weighted by Crippen LogP contribution is 2.20. The molecule has 0 amide bonds. The molecule has 0 saturated carbocycles. The summed E-state index contributed by atoms with van der Waals surface area (Å²) in [5, 5.41) is 3.44. The molecule has 0 aliphatic rings. The van der Waals surface area contributed by atoms with Gasteiger partial charge in [-0.15, -0.1) is 0 Å². The summed E-state index contributed by atoms with van der Waals surface area (Å²) in [4.78, 5) is 8.08. The number of benzene rings is 1. The van der Waals surface area contributed by atoms with Crippen molar-refractivity contribution in [3.05, 3.63) is 48.5 Å². The lowest BCUT2D eigenvalue weighted by Crippen LogP contribution is -2.23. The summed E-state index contributed by atoms with van der Waals surface area (Å²) in [6, 6.07) is 8.81. The SMILES string of the molecule is CCOCCNC(C)c1ccc(-c2cncnc2)cc1. The minimum absolute atomic E-state index is 0.316. The Morgan fingerprint density at radius 3 is 2.45 bits per heavy atom. The molecule has 4 heteroatoms. The quantitative estimate of drug-likeness (QED) is 0.787. The number of hydrogen-bond acceptors (Lipinski definition) is 4.